The van der Waals surface area contributed by atoms with Gasteiger partial charge in [-0.3, -0.25) is 4.79 Å². The van der Waals surface area contributed by atoms with Crippen LogP contribution in [0.25, 0.3) is 6.05 Å². The number of methoxy groups -OCH3 is 1. The lowest BCUT2D eigenvalue weighted by atomic mass is 10.1. The Labute approximate surface area is 117 Å². The molecule has 0 radical (unpaired) electrons. The average Bonchev–Trinajstić information content (AvgIpc) is 2.76. The van der Waals surface area contributed by atoms with Crippen molar-refractivity contribution in [2.75, 3.05) is 7.11 Å². The summed E-state index contributed by atoms with van der Waals surface area (Å²) in [5.41, 5.74) is 0.322. The van der Waals surface area contributed by atoms with Gasteiger partial charge in [0.25, 0.3) is 0 Å². The number of esters is 2. The molecule has 104 valence electrons. The third kappa shape index (κ3) is 3.03. The molecule has 0 aromatic heterocycles. The normalized spacial score (nSPS) is 17.1. The summed E-state index contributed by atoms with van der Waals surface area (Å²) < 4.78 is 22.9. The van der Waals surface area contributed by atoms with E-state index in [0.29, 0.717) is 5.56 Å². The van der Waals surface area contributed by atoms with Crippen molar-refractivity contribution in [2.45, 2.75) is 13.8 Å². The van der Waals surface area contributed by atoms with Gasteiger partial charge in [0.05, 0.1) is 8.48 Å². The summed E-state index contributed by atoms with van der Waals surface area (Å²) in [4.78, 5) is 26.4. The molecular formula is C14H13NO5. The van der Waals surface area contributed by atoms with Crippen molar-refractivity contribution in [3.8, 4) is 11.5 Å². The number of nitrogens with zero attached hydrogens (tertiary/aromatic N) is 1. The smallest absolute Gasteiger partial charge is 0.363 e. The molecule has 0 unspecified atom stereocenters. The van der Waals surface area contributed by atoms with Crippen LogP contribution >= 0.6 is 0 Å². The predicted octanol–water partition coefficient (Wildman–Crippen LogP) is 1.94. The minimum atomic E-state index is -0.666. The minimum Gasteiger partial charge on any atom is -0.493 e. The van der Waals surface area contributed by atoms with Crippen LogP contribution < -0.4 is 9.47 Å². The highest BCUT2D eigenvalue weighted by Crippen LogP contribution is 2.29. The molecule has 1 aromatic rings. The fourth-order valence-electron chi connectivity index (χ4n) is 1.61. The molecule has 1 aromatic carbocycles. The standard InChI is InChI=1S/C14H13NO5/c1-8-15-11(14(17)19-8)6-10-4-5-12(20-9(2)16)13(7-10)18-3/h4-7H,1-3H3/b11-6-/i6D. The molecule has 0 N–H and O–H groups in total. The molecule has 1 aliphatic heterocycles. The number of aliphatic imine (C=N–C) groups is 1. The van der Waals surface area contributed by atoms with E-state index in [1.165, 1.54) is 39.2 Å². The summed E-state index contributed by atoms with van der Waals surface area (Å²) in [6, 6.07) is 4.42. The third-order valence-electron chi connectivity index (χ3n) is 2.38. The van der Waals surface area contributed by atoms with E-state index in [2.05, 4.69) is 4.99 Å². The Hall–Kier alpha value is -2.63. The van der Waals surface area contributed by atoms with Gasteiger partial charge < -0.3 is 14.2 Å². The van der Waals surface area contributed by atoms with Gasteiger partial charge in [-0.2, -0.15) is 0 Å². The molecule has 0 fully saturated rings. The van der Waals surface area contributed by atoms with E-state index < -0.39 is 11.9 Å². The Balaban J connectivity index is 2.44. The number of carbonyl (C=O) groups excluding carboxylic acids is 2. The molecule has 0 saturated carbocycles. The molecule has 0 aliphatic carbocycles. The van der Waals surface area contributed by atoms with Crippen LogP contribution in [0, 0.1) is 0 Å². The molecule has 0 atom stereocenters. The zero-order chi connectivity index (χ0) is 15.6. The molecule has 2 rings (SSSR count). The van der Waals surface area contributed by atoms with E-state index in [4.69, 9.17) is 15.6 Å². The molecule has 0 spiro atoms. The quantitative estimate of drug-likeness (QED) is 0.479. The molecule has 20 heavy (non-hydrogen) atoms. The van der Waals surface area contributed by atoms with E-state index in [0.717, 1.165) is 0 Å². The highest BCUT2D eigenvalue weighted by Gasteiger charge is 2.19. The topological polar surface area (TPSA) is 74.2 Å². The van der Waals surface area contributed by atoms with E-state index >= 15 is 0 Å². The fourth-order valence-corrected chi connectivity index (χ4v) is 1.61. The second kappa shape index (κ2) is 5.56. The van der Waals surface area contributed by atoms with Crippen LogP contribution in [0.4, 0.5) is 0 Å². The molecule has 0 saturated heterocycles. The van der Waals surface area contributed by atoms with Gasteiger partial charge in [0, 0.05) is 13.8 Å². The fraction of sp³-hybridized carbons (Fsp3) is 0.214. The molecule has 6 nitrogen and oxygen atoms in total. The zero-order valence-electron chi connectivity index (χ0n) is 12.2. The summed E-state index contributed by atoms with van der Waals surface area (Å²) >= 11 is 0. The van der Waals surface area contributed by atoms with Crippen LogP contribution in [0.2, 0.25) is 0 Å². The van der Waals surface area contributed by atoms with Crippen molar-refractivity contribution in [3.05, 3.63) is 29.5 Å². The van der Waals surface area contributed by atoms with Crippen LogP contribution in [0.1, 0.15) is 20.8 Å². The summed E-state index contributed by atoms with van der Waals surface area (Å²) in [5, 5.41) is 0. The van der Waals surface area contributed by atoms with E-state index in [-0.39, 0.29) is 29.1 Å². The van der Waals surface area contributed by atoms with Crippen molar-refractivity contribution in [1.82, 2.24) is 0 Å². The number of benzene rings is 1. The third-order valence-corrected chi connectivity index (χ3v) is 2.38. The highest BCUT2D eigenvalue weighted by atomic mass is 16.6. The number of carbonyl (C=O) groups is 2. The van der Waals surface area contributed by atoms with Gasteiger partial charge in [0.1, 0.15) is 0 Å². The summed E-state index contributed by atoms with van der Waals surface area (Å²) in [6.07, 6.45) is 0. The second-order valence-electron chi connectivity index (χ2n) is 3.95. The number of ether oxygens (including phenoxy) is 3. The lowest BCUT2D eigenvalue weighted by Gasteiger charge is -2.08. The maximum atomic E-state index is 11.6. The first-order chi connectivity index (χ1) is 9.92. The maximum absolute atomic E-state index is 11.6. The number of hydrogen-bond donors (Lipinski definition) is 0. The molecular weight excluding hydrogens is 262 g/mol. The Bertz CT molecular complexity index is 678. The van der Waals surface area contributed by atoms with Crippen molar-refractivity contribution >= 4 is 23.9 Å². The zero-order valence-corrected chi connectivity index (χ0v) is 11.2. The van der Waals surface area contributed by atoms with Crippen LogP contribution in [0.15, 0.2) is 28.9 Å². The van der Waals surface area contributed by atoms with Gasteiger partial charge in [-0.25, -0.2) is 9.79 Å². The van der Waals surface area contributed by atoms with Crippen molar-refractivity contribution in [2.24, 2.45) is 4.99 Å². The lowest BCUT2D eigenvalue weighted by Crippen LogP contribution is -2.03. The van der Waals surface area contributed by atoms with Crippen LogP contribution in [0.3, 0.4) is 0 Å². The Morgan fingerprint density at radius 1 is 1.45 bits per heavy atom. The first-order valence-corrected chi connectivity index (χ1v) is 5.77. The van der Waals surface area contributed by atoms with Gasteiger partial charge in [-0.05, 0) is 23.7 Å². The minimum absolute atomic E-state index is 0.0743. The van der Waals surface area contributed by atoms with Gasteiger partial charge in [-0.15, -0.1) is 0 Å². The summed E-state index contributed by atoms with van der Waals surface area (Å²) in [7, 11) is 1.41. The first-order valence-electron chi connectivity index (χ1n) is 6.27. The molecule has 0 amide bonds. The molecule has 6 heteroatoms. The monoisotopic (exact) mass is 276 g/mol. The second-order valence-corrected chi connectivity index (χ2v) is 3.95. The lowest BCUT2D eigenvalue weighted by molar-refractivity contribution is -0.132. The van der Waals surface area contributed by atoms with Gasteiger partial charge in [0.15, 0.2) is 23.1 Å². The van der Waals surface area contributed by atoms with E-state index in [9.17, 15) is 9.59 Å². The van der Waals surface area contributed by atoms with E-state index in [1.54, 1.807) is 0 Å². The Kier molecular flexibility index (Phi) is 3.45. The number of rotatable bonds is 3. The number of hydrogen-bond acceptors (Lipinski definition) is 6. The molecule has 1 aliphatic rings. The maximum Gasteiger partial charge on any atom is 0.363 e. The van der Waals surface area contributed by atoms with Crippen LogP contribution in [-0.2, 0) is 14.3 Å². The molecule has 0 bridgehead atoms. The Morgan fingerprint density at radius 3 is 2.75 bits per heavy atom. The highest BCUT2D eigenvalue weighted by molar-refractivity contribution is 6.06. The summed E-state index contributed by atoms with van der Waals surface area (Å²) in [5.74, 6) is -0.436. The number of cyclic esters (lactones) is 1. The van der Waals surface area contributed by atoms with Crippen molar-refractivity contribution < 1.29 is 25.2 Å². The van der Waals surface area contributed by atoms with Gasteiger partial charge in [-0.1, -0.05) is 6.07 Å². The van der Waals surface area contributed by atoms with Crippen LogP contribution in [0.5, 0.6) is 11.5 Å². The first kappa shape index (κ1) is 12.4. The largest absolute Gasteiger partial charge is 0.493 e. The summed E-state index contributed by atoms with van der Waals surface area (Å²) in [6.45, 7) is 2.81. The van der Waals surface area contributed by atoms with Gasteiger partial charge in [0.2, 0.25) is 0 Å². The Morgan fingerprint density at radius 2 is 2.20 bits per heavy atom. The predicted molar refractivity (Wildman–Crippen MR) is 71.5 cm³/mol. The van der Waals surface area contributed by atoms with Crippen molar-refractivity contribution in [1.29, 1.82) is 0 Å². The van der Waals surface area contributed by atoms with E-state index in [1.807, 2.05) is 0 Å². The average molecular weight is 276 g/mol. The van der Waals surface area contributed by atoms with Crippen LogP contribution in [-0.4, -0.2) is 24.9 Å². The van der Waals surface area contributed by atoms with Gasteiger partial charge >= 0.3 is 11.9 Å². The SMILES string of the molecule is [2H]/C(=C1/N=C(C)OC1=O)c1ccc(OC(C)=O)c(OC)c1. The van der Waals surface area contributed by atoms with Crippen molar-refractivity contribution in [3.63, 3.8) is 0 Å². The molecule has 1 heterocycles.